The lowest BCUT2D eigenvalue weighted by atomic mass is 10.0. The van der Waals surface area contributed by atoms with Gasteiger partial charge in [-0.05, 0) is 67.3 Å². The second-order valence-electron chi connectivity index (χ2n) is 17.4. The van der Waals surface area contributed by atoms with Crippen molar-refractivity contribution in [2.75, 3.05) is 19.6 Å². The van der Waals surface area contributed by atoms with E-state index in [0.717, 1.165) is 38.5 Å². The number of para-hydroxylation sites is 2. The first-order valence-corrected chi connectivity index (χ1v) is 23.1. The molecule has 19 nitrogen and oxygen atoms in total. The number of nitrogens with two attached hydrogens (primary N) is 1. The average Bonchev–Trinajstić information content (AvgIpc) is 4.09. The zero-order valence-electron chi connectivity index (χ0n) is 38.0. The molecule has 0 unspecified atom stereocenters. The Morgan fingerprint density at radius 3 is 1.96 bits per heavy atom. The van der Waals surface area contributed by atoms with Crippen LogP contribution >= 0.6 is 0 Å². The Bertz CT molecular complexity index is 2630. The number of benzene rings is 3. The van der Waals surface area contributed by atoms with Gasteiger partial charge in [0.2, 0.25) is 41.4 Å². The number of fused-ring (bicyclic) bond motifs is 3. The van der Waals surface area contributed by atoms with Crippen molar-refractivity contribution >= 4 is 69.1 Å². The minimum absolute atomic E-state index is 0.0164. The zero-order valence-corrected chi connectivity index (χ0v) is 38.0. The molecule has 2 saturated heterocycles. The largest absolute Gasteiger partial charge is 0.370 e. The maximum Gasteiger partial charge on any atom is 0.245 e. The van der Waals surface area contributed by atoms with Crippen LogP contribution in [0.25, 0.3) is 21.8 Å². The predicted molar refractivity (Wildman–Crippen MR) is 256 cm³/mol. The number of hydrogen-bond donors (Lipinski definition) is 11. The van der Waals surface area contributed by atoms with Gasteiger partial charge in [0.15, 0.2) is 5.96 Å². The van der Waals surface area contributed by atoms with Crippen LogP contribution in [0, 0.1) is 5.41 Å². The van der Waals surface area contributed by atoms with E-state index in [9.17, 15) is 33.6 Å². The first kappa shape index (κ1) is 48.2. The van der Waals surface area contributed by atoms with Gasteiger partial charge >= 0.3 is 0 Å². The molecule has 358 valence electrons. The van der Waals surface area contributed by atoms with E-state index < -0.39 is 77.6 Å². The zero-order chi connectivity index (χ0) is 48.2. The van der Waals surface area contributed by atoms with E-state index in [0.29, 0.717) is 12.8 Å². The molecule has 4 heterocycles. The van der Waals surface area contributed by atoms with E-state index in [4.69, 9.17) is 11.1 Å². The molecule has 68 heavy (non-hydrogen) atoms. The van der Waals surface area contributed by atoms with Gasteiger partial charge < -0.3 is 57.8 Å². The predicted octanol–water partition coefficient (Wildman–Crippen LogP) is 1.29. The quantitative estimate of drug-likeness (QED) is 0.0460. The highest BCUT2D eigenvalue weighted by Crippen LogP contribution is 2.24. The van der Waals surface area contributed by atoms with Crippen molar-refractivity contribution in [2.45, 2.75) is 101 Å². The van der Waals surface area contributed by atoms with Crippen LogP contribution in [0.15, 0.2) is 91.3 Å². The van der Waals surface area contributed by atoms with Crippen molar-refractivity contribution in [3.05, 3.63) is 108 Å². The highest BCUT2D eigenvalue weighted by atomic mass is 16.2. The molecule has 2 fully saturated rings. The van der Waals surface area contributed by atoms with Gasteiger partial charge in [-0.15, -0.1) is 0 Å². The lowest BCUT2D eigenvalue weighted by Gasteiger charge is -2.31. The van der Waals surface area contributed by atoms with Gasteiger partial charge in [-0.1, -0.05) is 66.7 Å². The number of nitrogens with zero attached hydrogens (tertiary/aromatic N) is 1. The Balaban J connectivity index is 1.22. The highest BCUT2D eigenvalue weighted by molar-refractivity contribution is 5.98. The number of carbonyl (C=O) groups is 7. The van der Waals surface area contributed by atoms with Crippen LogP contribution < -0.4 is 43.0 Å². The number of H-pyrrole nitrogens is 2. The first-order chi connectivity index (χ1) is 32.8. The number of aromatic amines is 2. The summed E-state index contributed by atoms with van der Waals surface area (Å²) in [6, 6.07) is 17.4. The summed E-state index contributed by atoms with van der Waals surface area (Å²) in [6.07, 6.45) is 5.19. The van der Waals surface area contributed by atoms with Crippen molar-refractivity contribution in [1.82, 2.24) is 52.1 Å². The molecule has 2 aliphatic rings. The number of amides is 7. The number of aromatic nitrogens is 2. The Labute approximate surface area is 393 Å². The smallest absolute Gasteiger partial charge is 0.245 e. The summed E-state index contributed by atoms with van der Waals surface area (Å²) in [6.45, 7) is 1.79. The number of hydrogen-bond acceptors (Lipinski definition) is 8. The molecule has 0 spiro atoms. The fourth-order valence-electron chi connectivity index (χ4n) is 9.05. The first-order valence-electron chi connectivity index (χ1n) is 23.1. The molecular formula is C49H60N12O7. The van der Waals surface area contributed by atoms with Crippen LogP contribution in [0.5, 0.6) is 0 Å². The monoisotopic (exact) mass is 928 g/mol. The third-order valence-electron chi connectivity index (χ3n) is 12.5. The van der Waals surface area contributed by atoms with Crippen molar-refractivity contribution in [3.8, 4) is 0 Å². The van der Waals surface area contributed by atoms with E-state index in [1.807, 2.05) is 78.9 Å². The Kier molecular flexibility index (Phi) is 16.1. The van der Waals surface area contributed by atoms with Crippen molar-refractivity contribution in [3.63, 3.8) is 0 Å². The topological polar surface area (TPSA) is 288 Å². The summed E-state index contributed by atoms with van der Waals surface area (Å²) in [5.41, 5.74) is 9.39. The van der Waals surface area contributed by atoms with Crippen LogP contribution in [0.3, 0.4) is 0 Å². The standard InChI is InChI=1S/C49H60N12O7/c1-29(62)56-39(24-30-12-3-2-4-13-30)44(64)58-38-19-10-21-52-43(63)37(18-9-22-53-49(50)51)57-45(65)40(25-31-27-54-35-16-7-5-14-33(31)35)59-46(66)41(26-32-28-55-36-17-8-6-15-34(32)36)60-47(67)42-20-11-23-61(42)48(38)68/h2-8,12-17,27-28,37-42,54-55H,9-11,18-26H2,1H3,(H,52,63)(H,56,62)(H,57,65)(H,58,64)(H,59,66)(H,60,67)(H4,50,51,53)/t37-,38-,39-,40-,41+,42-/m0/s1. The number of guanidine groups is 1. The Morgan fingerprint density at radius 2 is 1.34 bits per heavy atom. The van der Waals surface area contributed by atoms with Crippen LogP contribution in [0.2, 0.25) is 0 Å². The van der Waals surface area contributed by atoms with Gasteiger partial charge in [0, 0.05) is 80.0 Å². The van der Waals surface area contributed by atoms with Crippen LogP contribution in [-0.4, -0.2) is 118 Å². The molecule has 0 radical (unpaired) electrons. The van der Waals surface area contributed by atoms with E-state index >= 15 is 0 Å². The Morgan fingerprint density at radius 1 is 0.750 bits per heavy atom. The summed E-state index contributed by atoms with van der Waals surface area (Å²) in [5.74, 6) is -4.22. The second-order valence-corrected chi connectivity index (χ2v) is 17.4. The third-order valence-corrected chi connectivity index (χ3v) is 12.5. The third kappa shape index (κ3) is 12.4. The molecule has 0 bridgehead atoms. The van der Waals surface area contributed by atoms with Crippen molar-refractivity contribution < 1.29 is 33.6 Å². The normalized spacial score (nSPS) is 21.3. The lowest BCUT2D eigenvalue weighted by Crippen LogP contribution is -2.60. The SMILES string of the molecule is CC(=O)N[C@@H](Cc1ccccc1)C(=O)N[C@H]1CCCNC(=O)[C@H](CCCNC(=N)N)NC(=O)[C@H](Cc2c[nH]c3ccccc23)NC(=O)[C@@H](Cc2c[nH]c3ccccc23)NC(=O)[C@@H]2CCCN2C1=O. The molecule has 7 rings (SSSR count). The molecule has 5 aromatic rings. The van der Waals surface area contributed by atoms with Crippen LogP contribution in [-0.2, 0) is 52.8 Å². The van der Waals surface area contributed by atoms with E-state index in [-0.39, 0.29) is 70.5 Å². The minimum atomic E-state index is -1.24. The fraction of sp³-hybridized carbons (Fsp3) is 0.388. The summed E-state index contributed by atoms with van der Waals surface area (Å²) >= 11 is 0. The van der Waals surface area contributed by atoms with Gasteiger partial charge in [-0.3, -0.25) is 39.0 Å². The summed E-state index contributed by atoms with van der Waals surface area (Å²) in [4.78, 5) is 107. The molecule has 0 aliphatic carbocycles. The molecule has 2 aliphatic heterocycles. The van der Waals surface area contributed by atoms with E-state index in [1.54, 1.807) is 12.4 Å². The summed E-state index contributed by atoms with van der Waals surface area (Å²) in [7, 11) is 0. The average molecular weight is 929 g/mol. The molecule has 2 aromatic heterocycles. The minimum Gasteiger partial charge on any atom is -0.370 e. The number of carbonyl (C=O) groups excluding carboxylic acids is 7. The molecule has 3 aromatic carbocycles. The molecule has 12 N–H and O–H groups in total. The maximum absolute atomic E-state index is 14.8. The summed E-state index contributed by atoms with van der Waals surface area (Å²) < 4.78 is 0. The molecule has 6 atom stereocenters. The van der Waals surface area contributed by atoms with E-state index in [1.165, 1.54) is 11.8 Å². The second kappa shape index (κ2) is 22.7. The van der Waals surface area contributed by atoms with Gasteiger partial charge in [0.05, 0.1) is 0 Å². The summed E-state index contributed by atoms with van der Waals surface area (Å²) in [5, 5.41) is 29.1. The van der Waals surface area contributed by atoms with Gasteiger partial charge in [0.25, 0.3) is 0 Å². The highest BCUT2D eigenvalue weighted by Gasteiger charge is 2.40. The van der Waals surface area contributed by atoms with Crippen molar-refractivity contribution in [1.29, 1.82) is 5.41 Å². The fourth-order valence-corrected chi connectivity index (χ4v) is 9.05. The van der Waals surface area contributed by atoms with Gasteiger partial charge in [0.1, 0.15) is 36.3 Å². The van der Waals surface area contributed by atoms with Crippen LogP contribution in [0.4, 0.5) is 0 Å². The molecule has 19 heteroatoms. The molecule has 0 saturated carbocycles. The van der Waals surface area contributed by atoms with E-state index in [2.05, 4.69) is 47.2 Å². The lowest BCUT2D eigenvalue weighted by molar-refractivity contribution is -0.142. The molecule has 7 amide bonds. The molecular weight excluding hydrogens is 869 g/mol. The number of rotatable bonds is 13. The number of nitrogens with one attached hydrogen (secondary N) is 10. The maximum atomic E-state index is 14.8. The Hall–Kier alpha value is -7.70. The van der Waals surface area contributed by atoms with Crippen LogP contribution in [0.1, 0.15) is 62.1 Å². The van der Waals surface area contributed by atoms with Crippen molar-refractivity contribution in [2.24, 2.45) is 5.73 Å². The van der Waals surface area contributed by atoms with Gasteiger partial charge in [-0.2, -0.15) is 0 Å². The van der Waals surface area contributed by atoms with Gasteiger partial charge in [-0.25, -0.2) is 0 Å².